The molecule has 0 bridgehead atoms. The first-order valence-corrected chi connectivity index (χ1v) is 5.80. The molecule has 0 unspecified atom stereocenters. The smallest absolute Gasteiger partial charge is 0.128 e. The lowest BCUT2D eigenvalue weighted by molar-refractivity contribution is 0.306. The third kappa shape index (κ3) is 4.34. The normalized spacial score (nSPS) is 10.6. The van der Waals surface area contributed by atoms with Gasteiger partial charge in [-0.05, 0) is 18.6 Å². The van der Waals surface area contributed by atoms with Crippen LogP contribution in [0.4, 0.5) is 0 Å². The second-order valence-corrected chi connectivity index (χ2v) is 3.58. The number of unbranched alkanes of at least 4 members (excludes halogenated alkanes) is 2. The summed E-state index contributed by atoms with van der Waals surface area (Å²) in [6, 6.07) is 7.93. The van der Waals surface area contributed by atoms with Gasteiger partial charge in [0, 0.05) is 12.6 Å². The molecular formula is C13H20N2O. The van der Waals surface area contributed by atoms with Gasteiger partial charge >= 0.3 is 0 Å². The van der Waals surface area contributed by atoms with Crippen molar-refractivity contribution in [1.82, 2.24) is 5.43 Å². The summed E-state index contributed by atoms with van der Waals surface area (Å²) in [5.41, 5.74) is 3.74. The minimum absolute atomic E-state index is 0.776. The van der Waals surface area contributed by atoms with E-state index in [1.807, 2.05) is 24.3 Å². The zero-order valence-electron chi connectivity index (χ0n) is 10.1. The minimum Gasteiger partial charge on any atom is -0.493 e. The molecule has 0 spiro atoms. The maximum Gasteiger partial charge on any atom is 0.128 e. The number of nitrogens with one attached hydrogen (secondary N) is 1. The number of hydrogen-bond donors (Lipinski definition) is 1. The van der Waals surface area contributed by atoms with Crippen molar-refractivity contribution in [3.63, 3.8) is 0 Å². The molecule has 1 aromatic carbocycles. The summed E-state index contributed by atoms with van der Waals surface area (Å²) in [7, 11) is 1.78. The second-order valence-electron chi connectivity index (χ2n) is 3.58. The molecule has 88 valence electrons. The van der Waals surface area contributed by atoms with Crippen LogP contribution in [-0.4, -0.2) is 19.9 Å². The van der Waals surface area contributed by atoms with Crippen molar-refractivity contribution in [3.05, 3.63) is 29.8 Å². The van der Waals surface area contributed by atoms with Crippen molar-refractivity contribution in [2.24, 2.45) is 5.10 Å². The van der Waals surface area contributed by atoms with E-state index in [9.17, 15) is 0 Å². The topological polar surface area (TPSA) is 33.6 Å². The Balaban J connectivity index is 2.53. The van der Waals surface area contributed by atoms with Crippen LogP contribution in [0.3, 0.4) is 0 Å². The zero-order valence-corrected chi connectivity index (χ0v) is 10.1. The second kappa shape index (κ2) is 7.74. The molecule has 0 aliphatic heterocycles. The van der Waals surface area contributed by atoms with Gasteiger partial charge in [-0.25, -0.2) is 0 Å². The summed E-state index contributed by atoms with van der Waals surface area (Å²) >= 11 is 0. The molecule has 0 atom stereocenters. The Morgan fingerprint density at radius 1 is 1.31 bits per heavy atom. The van der Waals surface area contributed by atoms with Gasteiger partial charge in [-0.15, -0.1) is 0 Å². The number of ether oxygens (including phenoxy) is 1. The molecule has 0 aliphatic rings. The van der Waals surface area contributed by atoms with Crippen LogP contribution in [-0.2, 0) is 0 Å². The van der Waals surface area contributed by atoms with E-state index in [1.165, 1.54) is 12.8 Å². The van der Waals surface area contributed by atoms with Crippen molar-refractivity contribution in [2.45, 2.75) is 26.2 Å². The van der Waals surface area contributed by atoms with E-state index < -0.39 is 0 Å². The Morgan fingerprint density at radius 3 is 2.88 bits per heavy atom. The fraction of sp³-hybridized carbons (Fsp3) is 0.462. The van der Waals surface area contributed by atoms with E-state index >= 15 is 0 Å². The van der Waals surface area contributed by atoms with Gasteiger partial charge in [-0.1, -0.05) is 31.9 Å². The number of benzene rings is 1. The summed E-state index contributed by atoms with van der Waals surface area (Å²) < 4.78 is 5.72. The summed E-state index contributed by atoms with van der Waals surface area (Å²) in [5.74, 6) is 0.901. The summed E-state index contributed by atoms with van der Waals surface area (Å²) in [4.78, 5) is 0. The minimum atomic E-state index is 0.776. The van der Waals surface area contributed by atoms with Crippen molar-refractivity contribution < 1.29 is 4.74 Å². The Morgan fingerprint density at radius 2 is 2.12 bits per heavy atom. The Kier molecular flexibility index (Phi) is 6.07. The molecule has 0 heterocycles. The predicted octanol–water partition coefficient (Wildman–Crippen LogP) is 2.81. The van der Waals surface area contributed by atoms with Gasteiger partial charge in [-0.3, -0.25) is 0 Å². The molecule has 3 heteroatoms. The number of hydrogen-bond acceptors (Lipinski definition) is 3. The zero-order chi connectivity index (χ0) is 11.6. The van der Waals surface area contributed by atoms with Crippen molar-refractivity contribution >= 4 is 6.21 Å². The maximum absolute atomic E-state index is 5.72. The van der Waals surface area contributed by atoms with Crippen LogP contribution in [0.2, 0.25) is 0 Å². The SMILES string of the molecule is CCCCCOc1ccccc1/C=N/NC. The number of nitrogens with zero attached hydrogens (tertiary/aromatic N) is 1. The first-order valence-electron chi connectivity index (χ1n) is 5.80. The van der Waals surface area contributed by atoms with Crippen LogP contribution >= 0.6 is 0 Å². The van der Waals surface area contributed by atoms with Crippen molar-refractivity contribution in [3.8, 4) is 5.75 Å². The summed E-state index contributed by atoms with van der Waals surface area (Å²) in [5, 5.41) is 3.99. The van der Waals surface area contributed by atoms with Gasteiger partial charge in [0.15, 0.2) is 0 Å². The Labute approximate surface area is 97.5 Å². The molecule has 1 N–H and O–H groups in total. The number of para-hydroxylation sites is 1. The molecule has 0 aromatic heterocycles. The quantitative estimate of drug-likeness (QED) is 0.435. The van der Waals surface area contributed by atoms with Gasteiger partial charge in [0.2, 0.25) is 0 Å². The molecule has 3 nitrogen and oxygen atoms in total. The molecule has 1 rings (SSSR count). The molecule has 1 aromatic rings. The third-order valence-electron chi connectivity index (χ3n) is 2.26. The Hall–Kier alpha value is -1.51. The standard InChI is InChI=1S/C13H20N2O/c1-3-4-7-10-16-13-9-6-5-8-12(13)11-15-14-2/h5-6,8-9,11,14H,3-4,7,10H2,1-2H3/b15-11+. The van der Waals surface area contributed by atoms with Gasteiger partial charge in [0.05, 0.1) is 12.8 Å². The average Bonchev–Trinajstić information content (AvgIpc) is 2.33. The van der Waals surface area contributed by atoms with E-state index in [-0.39, 0.29) is 0 Å². The third-order valence-corrected chi connectivity index (χ3v) is 2.26. The maximum atomic E-state index is 5.72. The van der Waals surface area contributed by atoms with Crippen LogP contribution in [0.1, 0.15) is 31.7 Å². The first kappa shape index (κ1) is 12.6. The largest absolute Gasteiger partial charge is 0.493 e. The highest BCUT2D eigenvalue weighted by molar-refractivity contribution is 5.83. The fourth-order valence-electron chi connectivity index (χ4n) is 1.39. The number of rotatable bonds is 7. The number of hydrazone groups is 1. The molecule has 0 saturated carbocycles. The van der Waals surface area contributed by atoms with Crippen molar-refractivity contribution in [1.29, 1.82) is 0 Å². The lowest BCUT2D eigenvalue weighted by Gasteiger charge is -2.08. The van der Waals surface area contributed by atoms with E-state index in [1.54, 1.807) is 13.3 Å². The molecule has 0 amide bonds. The van der Waals surface area contributed by atoms with E-state index in [4.69, 9.17) is 4.74 Å². The summed E-state index contributed by atoms with van der Waals surface area (Å²) in [6.45, 7) is 2.96. The summed E-state index contributed by atoms with van der Waals surface area (Å²) in [6.07, 6.45) is 5.31. The molecular weight excluding hydrogens is 200 g/mol. The van der Waals surface area contributed by atoms with Gasteiger partial charge in [0.25, 0.3) is 0 Å². The molecule has 0 radical (unpaired) electrons. The van der Waals surface area contributed by atoms with Crippen LogP contribution in [0.15, 0.2) is 29.4 Å². The van der Waals surface area contributed by atoms with Gasteiger partial charge in [0.1, 0.15) is 5.75 Å². The highest BCUT2D eigenvalue weighted by atomic mass is 16.5. The van der Waals surface area contributed by atoms with Crippen LogP contribution in [0.5, 0.6) is 5.75 Å². The van der Waals surface area contributed by atoms with Gasteiger partial charge in [-0.2, -0.15) is 5.10 Å². The van der Waals surface area contributed by atoms with Crippen molar-refractivity contribution in [2.75, 3.05) is 13.7 Å². The van der Waals surface area contributed by atoms with E-state index in [0.717, 1.165) is 24.3 Å². The Bertz CT molecular complexity index is 323. The van der Waals surface area contributed by atoms with Crippen LogP contribution in [0, 0.1) is 0 Å². The fourth-order valence-corrected chi connectivity index (χ4v) is 1.39. The van der Waals surface area contributed by atoms with Crippen LogP contribution in [0.25, 0.3) is 0 Å². The van der Waals surface area contributed by atoms with Crippen LogP contribution < -0.4 is 10.2 Å². The highest BCUT2D eigenvalue weighted by Gasteiger charge is 1.99. The average molecular weight is 220 g/mol. The highest BCUT2D eigenvalue weighted by Crippen LogP contribution is 2.16. The monoisotopic (exact) mass is 220 g/mol. The predicted molar refractivity (Wildman–Crippen MR) is 68.1 cm³/mol. The lowest BCUT2D eigenvalue weighted by Crippen LogP contribution is -2.01. The van der Waals surface area contributed by atoms with E-state index in [2.05, 4.69) is 17.5 Å². The first-order chi connectivity index (χ1) is 7.88. The molecule has 0 fully saturated rings. The molecule has 0 saturated heterocycles. The van der Waals surface area contributed by atoms with Gasteiger partial charge < -0.3 is 10.2 Å². The molecule has 0 aliphatic carbocycles. The molecule has 16 heavy (non-hydrogen) atoms. The lowest BCUT2D eigenvalue weighted by atomic mass is 10.2. The van der Waals surface area contributed by atoms with E-state index in [0.29, 0.717) is 0 Å².